The van der Waals surface area contributed by atoms with Crippen LogP contribution < -0.4 is 0 Å². The van der Waals surface area contributed by atoms with E-state index in [1.807, 2.05) is 67.6 Å². The van der Waals surface area contributed by atoms with Crippen LogP contribution in [-0.2, 0) is 17.9 Å². The highest BCUT2D eigenvalue weighted by Gasteiger charge is 2.24. The standard InChI is InChI=1S/C24H29N3O2S/c1-4-25(24(29)22-13-9-15-30-22)18-23(28)27(19(2)3)17-21-12-8-14-26(21)16-20-10-6-5-7-11-20/h5-15,19H,4,16-18H2,1-3H3. The zero-order valence-corrected chi connectivity index (χ0v) is 18.6. The van der Waals surface area contributed by atoms with E-state index in [4.69, 9.17) is 0 Å². The molecule has 0 aliphatic heterocycles. The second kappa shape index (κ2) is 10.3. The highest BCUT2D eigenvalue weighted by molar-refractivity contribution is 7.12. The normalized spacial score (nSPS) is 10.9. The summed E-state index contributed by atoms with van der Waals surface area (Å²) in [7, 11) is 0. The van der Waals surface area contributed by atoms with Crippen LogP contribution in [0.1, 0.15) is 41.7 Å². The van der Waals surface area contributed by atoms with Crippen LogP contribution in [0.15, 0.2) is 66.2 Å². The van der Waals surface area contributed by atoms with Crippen molar-refractivity contribution in [1.29, 1.82) is 0 Å². The third kappa shape index (κ3) is 5.39. The molecule has 0 radical (unpaired) electrons. The minimum absolute atomic E-state index is 0.0353. The van der Waals surface area contributed by atoms with Crippen LogP contribution in [0.2, 0.25) is 0 Å². The monoisotopic (exact) mass is 423 g/mol. The van der Waals surface area contributed by atoms with Crippen LogP contribution >= 0.6 is 11.3 Å². The highest BCUT2D eigenvalue weighted by Crippen LogP contribution is 2.15. The zero-order chi connectivity index (χ0) is 21.5. The summed E-state index contributed by atoms with van der Waals surface area (Å²) in [6.45, 7) is 7.80. The molecular weight excluding hydrogens is 394 g/mol. The van der Waals surface area contributed by atoms with Crippen molar-refractivity contribution < 1.29 is 9.59 Å². The first-order valence-electron chi connectivity index (χ1n) is 10.3. The van der Waals surface area contributed by atoms with E-state index in [0.29, 0.717) is 18.0 Å². The third-order valence-electron chi connectivity index (χ3n) is 5.12. The number of amides is 2. The van der Waals surface area contributed by atoms with Gasteiger partial charge in [-0.1, -0.05) is 36.4 Å². The van der Waals surface area contributed by atoms with Gasteiger partial charge in [-0.05, 0) is 49.9 Å². The Balaban J connectivity index is 1.71. The fourth-order valence-electron chi connectivity index (χ4n) is 3.40. The van der Waals surface area contributed by atoms with Crippen LogP contribution in [0.4, 0.5) is 0 Å². The molecular formula is C24H29N3O2S. The number of likely N-dealkylation sites (N-methyl/N-ethyl adjacent to an activating group) is 1. The number of hydrogen-bond acceptors (Lipinski definition) is 3. The van der Waals surface area contributed by atoms with Crippen molar-refractivity contribution in [1.82, 2.24) is 14.4 Å². The molecule has 0 fully saturated rings. The average Bonchev–Trinajstić information content (AvgIpc) is 3.42. The number of aromatic nitrogens is 1. The SMILES string of the molecule is CCN(CC(=O)N(Cc1cccn1Cc1ccccc1)C(C)C)C(=O)c1cccs1. The van der Waals surface area contributed by atoms with Crippen LogP contribution in [0.5, 0.6) is 0 Å². The highest BCUT2D eigenvalue weighted by atomic mass is 32.1. The lowest BCUT2D eigenvalue weighted by Crippen LogP contribution is -2.45. The topological polar surface area (TPSA) is 45.6 Å². The maximum Gasteiger partial charge on any atom is 0.264 e. The predicted molar refractivity (Wildman–Crippen MR) is 122 cm³/mol. The van der Waals surface area contributed by atoms with Gasteiger partial charge < -0.3 is 14.4 Å². The molecule has 1 aromatic carbocycles. The van der Waals surface area contributed by atoms with Crippen molar-refractivity contribution >= 4 is 23.2 Å². The molecule has 6 heteroatoms. The van der Waals surface area contributed by atoms with Crippen LogP contribution in [0.3, 0.4) is 0 Å². The summed E-state index contributed by atoms with van der Waals surface area (Å²) in [6, 6.07) is 18.0. The largest absolute Gasteiger partial charge is 0.345 e. The molecule has 3 rings (SSSR count). The fraction of sp³-hybridized carbons (Fsp3) is 0.333. The van der Waals surface area contributed by atoms with Gasteiger partial charge in [-0.3, -0.25) is 9.59 Å². The lowest BCUT2D eigenvalue weighted by molar-refractivity contribution is -0.134. The van der Waals surface area contributed by atoms with Gasteiger partial charge in [0.05, 0.1) is 11.4 Å². The maximum atomic E-state index is 13.2. The Morgan fingerprint density at radius 2 is 1.80 bits per heavy atom. The lowest BCUT2D eigenvalue weighted by atomic mass is 10.2. The summed E-state index contributed by atoms with van der Waals surface area (Å²) in [5.41, 5.74) is 2.30. The Labute approximate surface area is 182 Å². The molecule has 0 aliphatic rings. The Bertz CT molecular complexity index is 948. The molecule has 30 heavy (non-hydrogen) atoms. The fourth-order valence-corrected chi connectivity index (χ4v) is 4.09. The molecule has 0 aliphatic carbocycles. The van der Waals surface area contributed by atoms with E-state index in [2.05, 4.69) is 22.8 Å². The first-order valence-corrected chi connectivity index (χ1v) is 11.2. The van der Waals surface area contributed by atoms with Crippen LogP contribution in [0, 0.1) is 0 Å². The predicted octanol–water partition coefficient (Wildman–Crippen LogP) is 4.50. The van der Waals surface area contributed by atoms with E-state index < -0.39 is 0 Å². The maximum absolute atomic E-state index is 13.2. The van der Waals surface area contributed by atoms with Gasteiger partial charge >= 0.3 is 0 Å². The van der Waals surface area contributed by atoms with Gasteiger partial charge in [-0.15, -0.1) is 11.3 Å². The van der Waals surface area contributed by atoms with Crippen LogP contribution in [0.25, 0.3) is 0 Å². The Morgan fingerprint density at radius 1 is 1.03 bits per heavy atom. The minimum Gasteiger partial charge on any atom is -0.345 e. The van der Waals surface area contributed by atoms with E-state index in [1.54, 1.807) is 11.0 Å². The van der Waals surface area contributed by atoms with Gasteiger partial charge in [0.25, 0.3) is 5.91 Å². The summed E-state index contributed by atoms with van der Waals surface area (Å²) in [6.07, 6.45) is 2.05. The van der Waals surface area contributed by atoms with Crippen molar-refractivity contribution in [3.63, 3.8) is 0 Å². The molecule has 2 aromatic heterocycles. The number of hydrogen-bond donors (Lipinski definition) is 0. The van der Waals surface area contributed by atoms with Gasteiger partial charge in [0.2, 0.25) is 5.91 Å². The van der Waals surface area contributed by atoms with Crippen molar-refractivity contribution in [2.45, 2.75) is 39.9 Å². The summed E-state index contributed by atoms with van der Waals surface area (Å²) in [5, 5.41) is 1.88. The zero-order valence-electron chi connectivity index (χ0n) is 17.8. The Kier molecular flexibility index (Phi) is 7.46. The Hall–Kier alpha value is -2.86. The van der Waals surface area contributed by atoms with E-state index >= 15 is 0 Å². The smallest absolute Gasteiger partial charge is 0.264 e. The van der Waals surface area contributed by atoms with E-state index in [9.17, 15) is 9.59 Å². The lowest BCUT2D eigenvalue weighted by Gasteiger charge is -2.30. The van der Waals surface area contributed by atoms with Gasteiger partial charge in [0.1, 0.15) is 6.54 Å². The number of carbonyl (C=O) groups is 2. The van der Waals surface area contributed by atoms with Gasteiger partial charge in [0.15, 0.2) is 0 Å². The van der Waals surface area contributed by atoms with E-state index in [1.165, 1.54) is 16.9 Å². The van der Waals surface area contributed by atoms with E-state index in [0.717, 1.165) is 12.2 Å². The molecule has 2 amide bonds. The number of benzene rings is 1. The molecule has 0 saturated heterocycles. The van der Waals surface area contributed by atoms with Crippen LogP contribution in [-0.4, -0.2) is 45.3 Å². The van der Waals surface area contributed by atoms with Gasteiger partial charge in [-0.25, -0.2) is 0 Å². The van der Waals surface area contributed by atoms with Crippen molar-refractivity contribution in [2.75, 3.05) is 13.1 Å². The first-order chi connectivity index (χ1) is 14.5. The summed E-state index contributed by atoms with van der Waals surface area (Å²) in [5.74, 6) is -0.124. The molecule has 5 nitrogen and oxygen atoms in total. The molecule has 0 bridgehead atoms. The first kappa shape index (κ1) is 21.8. The van der Waals surface area contributed by atoms with E-state index in [-0.39, 0.29) is 24.4 Å². The molecule has 158 valence electrons. The second-order valence-electron chi connectivity index (χ2n) is 7.53. The summed E-state index contributed by atoms with van der Waals surface area (Å²) >= 11 is 1.40. The average molecular weight is 424 g/mol. The van der Waals surface area contributed by atoms with Crippen molar-refractivity contribution in [2.24, 2.45) is 0 Å². The summed E-state index contributed by atoms with van der Waals surface area (Å²) in [4.78, 5) is 30.0. The molecule has 0 spiro atoms. The van der Waals surface area contributed by atoms with Crippen molar-refractivity contribution in [3.05, 3.63) is 82.3 Å². The number of thiophene rings is 1. The minimum atomic E-state index is -0.0861. The summed E-state index contributed by atoms with van der Waals surface area (Å²) < 4.78 is 2.17. The number of rotatable bonds is 9. The molecule has 3 aromatic rings. The molecule has 0 atom stereocenters. The Morgan fingerprint density at radius 3 is 2.43 bits per heavy atom. The molecule has 2 heterocycles. The van der Waals surface area contributed by atoms with Gasteiger partial charge in [0, 0.05) is 31.0 Å². The molecule has 0 saturated carbocycles. The number of carbonyl (C=O) groups excluding carboxylic acids is 2. The third-order valence-corrected chi connectivity index (χ3v) is 5.98. The number of nitrogens with zero attached hydrogens (tertiary/aromatic N) is 3. The van der Waals surface area contributed by atoms with Crippen molar-refractivity contribution in [3.8, 4) is 0 Å². The molecule has 0 unspecified atom stereocenters. The van der Waals surface area contributed by atoms with Gasteiger partial charge in [-0.2, -0.15) is 0 Å². The molecule has 0 N–H and O–H groups in total. The quantitative estimate of drug-likeness (QED) is 0.509. The second-order valence-corrected chi connectivity index (χ2v) is 8.47.